The van der Waals surface area contributed by atoms with Crippen LogP contribution in [-0.2, 0) is 4.79 Å². The number of nitrogens with zero attached hydrogens (tertiary/aromatic N) is 1. The number of amides is 3. The minimum atomic E-state index is -0.330. The molecule has 6 nitrogen and oxygen atoms in total. The maximum Gasteiger partial charge on any atom is 0.261 e. The highest BCUT2D eigenvalue weighted by Gasteiger charge is 2.35. The summed E-state index contributed by atoms with van der Waals surface area (Å²) in [7, 11) is 0. The van der Waals surface area contributed by atoms with E-state index in [0.29, 0.717) is 24.0 Å². The van der Waals surface area contributed by atoms with Crippen LogP contribution in [-0.4, -0.2) is 46.4 Å². The minimum Gasteiger partial charge on any atom is -0.393 e. The van der Waals surface area contributed by atoms with E-state index < -0.39 is 0 Å². The van der Waals surface area contributed by atoms with Gasteiger partial charge in [0.1, 0.15) is 0 Å². The highest BCUT2D eigenvalue weighted by atomic mass is 16.3. The Labute approximate surface area is 140 Å². The molecule has 128 valence electrons. The monoisotopic (exact) mass is 330 g/mol. The molecule has 1 aromatic rings. The van der Waals surface area contributed by atoms with Crippen LogP contribution in [0.3, 0.4) is 0 Å². The van der Waals surface area contributed by atoms with Crippen molar-refractivity contribution in [3.63, 3.8) is 0 Å². The fourth-order valence-electron chi connectivity index (χ4n) is 3.34. The molecular weight excluding hydrogens is 308 g/mol. The van der Waals surface area contributed by atoms with Gasteiger partial charge in [-0.05, 0) is 44.7 Å². The minimum absolute atomic E-state index is 0.0747. The van der Waals surface area contributed by atoms with Crippen LogP contribution >= 0.6 is 0 Å². The van der Waals surface area contributed by atoms with Gasteiger partial charge in [-0.3, -0.25) is 19.3 Å². The van der Waals surface area contributed by atoms with Crippen LogP contribution in [0.5, 0.6) is 0 Å². The third-order valence-corrected chi connectivity index (χ3v) is 4.75. The topological polar surface area (TPSA) is 86.7 Å². The Bertz CT molecular complexity index is 678. The highest BCUT2D eigenvalue weighted by molar-refractivity contribution is 6.21. The van der Waals surface area contributed by atoms with Crippen molar-refractivity contribution in [1.82, 2.24) is 10.2 Å². The lowest BCUT2D eigenvalue weighted by molar-refractivity contribution is -0.122. The lowest BCUT2D eigenvalue weighted by atomic mass is 9.93. The number of hydrogen-bond donors (Lipinski definition) is 2. The van der Waals surface area contributed by atoms with E-state index >= 15 is 0 Å². The molecule has 0 atom stereocenters. The van der Waals surface area contributed by atoms with Crippen LogP contribution in [0.4, 0.5) is 0 Å². The van der Waals surface area contributed by atoms with Crippen molar-refractivity contribution in [2.75, 3.05) is 6.54 Å². The van der Waals surface area contributed by atoms with Crippen molar-refractivity contribution in [1.29, 1.82) is 0 Å². The van der Waals surface area contributed by atoms with Gasteiger partial charge in [-0.15, -0.1) is 0 Å². The van der Waals surface area contributed by atoms with Crippen molar-refractivity contribution in [2.45, 2.75) is 51.2 Å². The summed E-state index contributed by atoms with van der Waals surface area (Å²) in [4.78, 5) is 37.9. The van der Waals surface area contributed by atoms with Crippen LogP contribution in [0.25, 0.3) is 0 Å². The zero-order valence-corrected chi connectivity index (χ0v) is 13.7. The molecule has 1 heterocycles. The van der Waals surface area contributed by atoms with Crippen molar-refractivity contribution in [2.24, 2.45) is 0 Å². The maximum atomic E-state index is 12.3. The molecule has 2 aliphatic rings. The van der Waals surface area contributed by atoms with Gasteiger partial charge in [-0.1, -0.05) is 11.6 Å². The maximum absolute atomic E-state index is 12.3. The van der Waals surface area contributed by atoms with Gasteiger partial charge in [0.25, 0.3) is 11.8 Å². The third kappa shape index (κ3) is 3.33. The first kappa shape index (κ1) is 16.6. The summed E-state index contributed by atoms with van der Waals surface area (Å²) in [5.74, 6) is -0.819. The van der Waals surface area contributed by atoms with E-state index in [2.05, 4.69) is 5.32 Å². The second-order valence-electron chi connectivity index (χ2n) is 6.63. The predicted octanol–water partition coefficient (Wildman–Crippen LogP) is 1.40. The number of imide groups is 1. The predicted molar refractivity (Wildman–Crippen MR) is 87.6 cm³/mol. The number of nitrogens with one attached hydrogen (secondary N) is 1. The average Bonchev–Trinajstić information content (AvgIpc) is 2.78. The quantitative estimate of drug-likeness (QED) is 0.817. The summed E-state index contributed by atoms with van der Waals surface area (Å²) in [6, 6.07) is 5.25. The molecule has 1 aliphatic heterocycles. The summed E-state index contributed by atoms with van der Waals surface area (Å²) < 4.78 is 0. The van der Waals surface area contributed by atoms with E-state index in [1.807, 2.05) is 6.92 Å². The van der Waals surface area contributed by atoms with Crippen molar-refractivity contribution < 1.29 is 19.5 Å². The largest absolute Gasteiger partial charge is 0.393 e. The molecule has 0 unspecified atom stereocenters. The number of benzene rings is 1. The van der Waals surface area contributed by atoms with E-state index in [4.69, 9.17) is 0 Å². The van der Waals surface area contributed by atoms with Gasteiger partial charge in [0.15, 0.2) is 0 Å². The number of hydrogen-bond acceptors (Lipinski definition) is 4. The number of carbonyl (C=O) groups is 3. The molecule has 0 radical (unpaired) electrons. The van der Waals surface area contributed by atoms with Crippen LogP contribution in [0.2, 0.25) is 0 Å². The molecule has 2 N–H and O–H groups in total. The molecule has 1 aliphatic carbocycles. The number of aryl methyl sites for hydroxylation is 1. The highest BCUT2D eigenvalue weighted by Crippen LogP contribution is 2.24. The van der Waals surface area contributed by atoms with Crippen molar-refractivity contribution in [3.05, 3.63) is 34.9 Å². The smallest absolute Gasteiger partial charge is 0.261 e. The fraction of sp³-hybridized carbons (Fsp3) is 0.500. The Morgan fingerprint density at radius 3 is 2.54 bits per heavy atom. The van der Waals surface area contributed by atoms with Gasteiger partial charge in [0.2, 0.25) is 5.91 Å². The number of aliphatic hydroxyl groups is 1. The molecule has 24 heavy (non-hydrogen) atoms. The molecule has 0 bridgehead atoms. The van der Waals surface area contributed by atoms with Crippen LogP contribution in [0.1, 0.15) is 58.4 Å². The number of carbonyl (C=O) groups excluding carboxylic acids is 3. The summed E-state index contributed by atoms with van der Waals surface area (Å²) in [6.07, 6.45) is 2.76. The first-order chi connectivity index (χ1) is 11.5. The summed E-state index contributed by atoms with van der Waals surface area (Å²) in [5, 5.41) is 12.4. The standard InChI is InChI=1S/C18H22N2O4/c1-11-2-7-14-15(10-11)18(24)20(17(14)23)9-8-16(22)19-12-3-5-13(21)6-4-12/h2,7,10,12-13,21H,3-6,8-9H2,1H3,(H,19,22). The van der Waals surface area contributed by atoms with Gasteiger partial charge in [0.05, 0.1) is 17.2 Å². The third-order valence-electron chi connectivity index (χ3n) is 4.75. The zero-order chi connectivity index (χ0) is 17.3. The molecule has 1 aromatic carbocycles. The van der Waals surface area contributed by atoms with Gasteiger partial charge in [-0.25, -0.2) is 0 Å². The van der Waals surface area contributed by atoms with E-state index in [1.54, 1.807) is 18.2 Å². The first-order valence-electron chi connectivity index (χ1n) is 8.40. The molecule has 3 rings (SSSR count). The average molecular weight is 330 g/mol. The lowest BCUT2D eigenvalue weighted by Crippen LogP contribution is -2.40. The van der Waals surface area contributed by atoms with Gasteiger partial charge in [0, 0.05) is 19.0 Å². The molecular formula is C18H22N2O4. The number of rotatable bonds is 4. The Morgan fingerprint density at radius 2 is 1.83 bits per heavy atom. The van der Waals surface area contributed by atoms with E-state index in [0.717, 1.165) is 23.3 Å². The molecule has 0 spiro atoms. The van der Waals surface area contributed by atoms with E-state index in [1.165, 1.54) is 0 Å². The molecule has 1 fully saturated rings. The number of aliphatic hydroxyl groups excluding tert-OH is 1. The zero-order valence-electron chi connectivity index (χ0n) is 13.7. The molecule has 0 aromatic heterocycles. The number of fused-ring (bicyclic) bond motifs is 1. The van der Waals surface area contributed by atoms with Crippen LogP contribution < -0.4 is 5.32 Å². The normalized spacial score (nSPS) is 23.3. The van der Waals surface area contributed by atoms with E-state index in [9.17, 15) is 19.5 Å². The van der Waals surface area contributed by atoms with Crippen molar-refractivity contribution in [3.8, 4) is 0 Å². The summed E-state index contributed by atoms with van der Waals surface area (Å²) in [5.41, 5.74) is 1.75. The molecule has 0 saturated heterocycles. The Hall–Kier alpha value is -2.21. The SMILES string of the molecule is Cc1ccc2c(c1)C(=O)N(CCC(=O)NC1CCC(O)CC1)C2=O. The van der Waals surface area contributed by atoms with Gasteiger partial charge in [-0.2, -0.15) is 0 Å². The Balaban J connectivity index is 1.55. The van der Waals surface area contributed by atoms with Crippen LogP contribution in [0.15, 0.2) is 18.2 Å². The first-order valence-corrected chi connectivity index (χ1v) is 8.40. The Morgan fingerprint density at radius 1 is 1.17 bits per heavy atom. The molecule has 6 heteroatoms. The molecule has 3 amide bonds. The second-order valence-corrected chi connectivity index (χ2v) is 6.63. The molecule has 1 saturated carbocycles. The van der Waals surface area contributed by atoms with Gasteiger partial charge < -0.3 is 10.4 Å². The van der Waals surface area contributed by atoms with Crippen LogP contribution in [0, 0.1) is 6.92 Å². The Kier molecular flexibility index (Phi) is 4.66. The fourth-order valence-corrected chi connectivity index (χ4v) is 3.34. The summed E-state index contributed by atoms with van der Waals surface area (Å²) in [6.45, 7) is 1.96. The van der Waals surface area contributed by atoms with E-state index in [-0.39, 0.29) is 42.8 Å². The van der Waals surface area contributed by atoms with Crippen molar-refractivity contribution >= 4 is 17.7 Å². The second kappa shape index (κ2) is 6.73. The van der Waals surface area contributed by atoms with Gasteiger partial charge >= 0.3 is 0 Å². The lowest BCUT2D eigenvalue weighted by Gasteiger charge is -2.26. The summed E-state index contributed by atoms with van der Waals surface area (Å²) >= 11 is 0.